The molecule has 43 heavy (non-hydrogen) atoms. The predicted molar refractivity (Wildman–Crippen MR) is 127 cm³/mol. The average molecular weight is 591 g/mol. The lowest BCUT2D eigenvalue weighted by Gasteiger charge is -2.14. The highest BCUT2D eigenvalue weighted by molar-refractivity contribution is 5.76. The second-order valence-electron chi connectivity index (χ2n) is 8.81. The van der Waals surface area contributed by atoms with Crippen molar-refractivity contribution in [2.45, 2.75) is 12.1 Å². The summed E-state index contributed by atoms with van der Waals surface area (Å²) in [5, 5.41) is 19.6. The van der Waals surface area contributed by atoms with E-state index < -0.39 is 87.2 Å². The van der Waals surface area contributed by atoms with Crippen LogP contribution in [0.4, 0.5) is 30.7 Å². The van der Waals surface area contributed by atoms with Crippen molar-refractivity contribution >= 4 is 5.57 Å². The molecule has 2 unspecified atom stereocenters. The Hall–Kier alpha value is -5.90. The second kappa shape index (κ2) is 10.2. The minimum absolute atomic E-state index is 0.00951. The van der Waals surface area contributed by atoms with E-state index in [0.29, 0.717) is 0 Å². The van der Waals surface area contributed by atoms with Crippen molar-refractivity contribution in [3.8, 4) is 23.5 Å². The molecule has 0 saturated heterocycles. The van der Waals surface area contributed by atoms with E-state index in [9.17, 15) is 41.3 Å². The van der Waals surface area contributed by atoms with Crippen LogP contribution in [0.15, 0.2) is 62.2 Å². The van der Waals surface area contributed by atoms with Gasteiger partial charge in [0.1, 0.15) is 28.3 Å². The van der Waals surface area contributed by atoms with Crippen LogP contribution in [0.2, 0.25) is 0 Å². The molecule has 4 aromatic rings. The van der Waals surface area contributed by atoms with E-state index in [1.54, 1.807) is 12.1 Å². The number of para-hydroxylation sites is 2. The van der Waals surface area contributed by atoms with E-state index in [4.69, 9.17) is 0 Å². The van der Waals surface area contributed by atoms with E-state index >= 15 is 0 Å². The molecule has 2 aliphatic heterocycles. The minimum Gasteiger partial charge on any atom is -0.254 e. The molecule has 0 bridgehead atoms. The number of nitrogens with zero attached hydrogens (tertiary/aromatic N) is 9. The van der Waals surface area contributed by atoms with Crippen molar-refractivity contribution in [2.24, 2.45) is 20.0 Å². The first-order chi connectivity index (χ1) is 20.6. The van der Waals surface area contributed by atoms with Crippen LogP contribution in [0.3, 0.4) is 0 Å². The number of aromatic nitrogens is 3. The normalized spacial score (nSPS) is 16.4. The van der Waals surface area contributed by atoms with Gasteiger partial charge in [-0.3, -0.25) is 9.98 Å². The van der Waals surface area contributed by atoms with Crippen LogP contribution in [0.25, 0.3) is 17.0 Å². The Morgan fingerprint density at radius 1 is 0.698 bits per heavy atom. The Bertz CT molecular complexity index is 2250. The fourth-order valence-corrected chi connectivity index (χ4v) is 4.26. The van der Waals surface area contributed by atoms with Crippen molar-refractivity contribution < 1.29 is 30.7 Å². The van der Waals surface area contributed by atoms with Crippen LogP contribution in [-0.2, 0) is 0 Å². The highest BCUT2D eigenvalue weighted by Crippen LogP contribution is 2.32. The van der Waals surface area contributed by atoms with Gasteiger partial charge in [-0.05, 0) is 24.3 Å². The molecular formula is C27H8F7N9. The Labute approximate surface area is 233 Å². The SMILES string of the molecule is N#C/C(=C1/N=c2cccc(F)c2=N1)c1nc(-c2c(F)c(F)c(F)c(F)c2F)nc(C(C#N)C2N=c3cccc(F)c3=N2)n1. The molecule has 0 amide bonds. The molecule has 0 radical (unpaired) electrons. The molecule has 0 saturated carbocycles. The third-order valence-electron chi connectivity index (χ3n) is 6.27. The standard InChI is InChI=1S/C27H8F7N9/c28-11-3-1-5-13-21(11)39-23(37-13)9(7-35)25-41-26(10(8-36)24-38-14-6-2-4-12(29)22(14)40-24)43-27(42-25)15-16(30)18(32)20(34)19(33)17(15)31/h1-6,9,23H/b24-10+. The number of nitriles is 2. The zero-order valence-electron chi connectivity index (χ0n) is 20.8. The average Bonchev–Trinajstić information content (AvgIpc) is 3.62. The fraction of sp³-hybridized carbons (Fsp3) is 0.0741. The van der Waals surface area contributed by atoms with Crippen LogP contribution in [0.1, 0.15) is 17.6 Å². The highest BCUT2D eigenvalue weighted by atomic mass is 19.2. The van der Waals surface area contributed by atoms with Gasteiger partial charge in [-0.25, -0.2) is 55.7 Å². The van der Waals surface area contributed by atoms with Gasteiger partial charge in [0, 0.05) is 0 Å². The summed E-state index contributed by atoms with van der Waals surface area (Å²) in [6.45, 7) is 0. The van der Waals surface area contributed by atoms with E-state index in [2.05, 4.69) is 34.9 Å². The van der Waals surface area contributed by atoms with E-state index in [-0.39, 0.29) is 21.4 Å². The first-order valence-electron chi connectivity index (χ1n) is 11.9. The van der Waals surface area contributed by atoms with Crippen molar-refractivity contribution in [3.63, 3.8) is 0 Å². The van der Waals surface area contributed by atoms with E-state index in [1.807, 2.05) is 0 Å². The number of hydrogen-bond acceptors (Lipinski definition) is 9. The van der Waals surface area contributed by atoms with Gasteiger partial charge in [-0.15, -0.1) is 0 Å². The van der Waals surface area contributed by atoms with Gasteiger partial charge in [0.25, 0.3) is 0 Å². The summed E-state index contributed by atoms with van der Waals surface area (Å²) in [5.41, 5.74) is -2.22. The number of allylic oxidation sites excluding steroid dienone is 1. The Kier molecular flexibility index (Phi) is 6.46. The molecule has 3 heterocycles. The summed E-state index contributed by atoms with van der Waals surface area (Å²) in [5.74, 6) is -18.0. The largest absolute Gasteiger partial charge is 0.254 e. The molecule has 0 spiro atoms. The maximum absolute atomic E-state index is 14.8. The second-order valence-corrected chi connectivity index (χ2v) is 8.81. The Morgan fingerprint density at radius 2 is 1.33 bits per heavy atom. The molecule has 0 aliphatic carbocycles. The molecule has 2 atom stereocenters. The smallest absolute Gasteiger partial charge is 0.200 e. The molecule has 0 fully saturated rings. The Balaban J connectivity index is 1.62. The number of fused-ring (bicyclic) bond motifs is 2. The maximum atomic E-state index is 14.8. The lowest BCUT2D eigenvalue weighted by Crippen LogP contribution is -2.24. The summed E-state index contributed by atoms with van der Waals surface area (Å²) < 4.78 is 100. The molecule has 1 aromatic heterocycles. The predicted octanol–water partition coefficient (Wildman–Crippen LogP) is 2.54. The van der Waals surface area contributed by atoms with E-state index in [1.165, 1.54) is 24.3 Å². The summed E-state index contributed by atoms with van der Waals surface area (Å²) in [4.78, 5) is 27.7. The number of halogens is 7. The van der Waals surface area contributed by atoms with Crippen molar-refractivity contribution in [3.05, 3.63) is 116 Å². The van der Waals surface area contributed by atoms with E-state index in [0.717, 1.165) is 12.1 Å². The maximum Gasteiger partial charge on any atom is 0.200 e. The van der Waals surface area contributed by atoms with Crippen LogP contribution < -0.4 is 21.4 Å². The summed E-state index contributed by atoms with van der Waals surface area (Å²) >= 11 is 0. The molecule has 9 nitrogen and oxygen atoms in total. The third kappa shape index (κ3) is 4.36. The first kappa shape index (κ1) is 27.3. The molecule has 210 valence electrons. The zero-order valence-corrected chi connectivity index (χ0v) is 20.8. The summed E-state index contributed by atoms with van der Waals surface area (Å²) in [6.07, 6.45) is -1.42. The first-order valence-corrected chi connectivity index (χ1v) is 11.9. The molecule has 6 rings (SSSR count). The number of rotatable bonds is 4. The number of benzene rings is 3. The molecule has 16 heteroatoms. The van der Waals surface area contributed by atoms with Gasteiger partial charge in [0.05, 0.1) is 22.3 Å². The quantitative estimate of drug-likeness (QED) is 0.156. The van der Waals surface area contributed by atoms with Crippen LogP contribution in [0, 0.1) is 63.4 Å². The van der Waals surface area contributed by atoms with Gasteiger partial charge in [0.2, 0.25) is 5.82 Å². The topological polar surface area (TPSA) is 136 Å². The Morgan fingerprint density at radius 3 is 1.93 bits per heavy atom. The highest BCUT2D eigenvalue weighted by Gasteiger charge is 2.33. The minimum atomic E-state index is -2.45. The van der Waals surface area contributed by atoms with Crippen molar-refractivity contribution in [1.82, 2.24) is 15.0 Å². The lowest BCUT2D eigenvalue weighted by molar-refractivity contribution is 0.380. The van der Waals surface area contributed by atoms with Gasteiger partial charge in [0.15, 0.2) is 64.4 Å². The number of hydrogen-bond donors (Lipinski definition) is 0. The lowest BCUT2D eigenvalue weighted by atomic mass is 10.1. The van der Waals surface area contributed by atoms with Crippen LogP contribution >= 0.6 is 0 Å². The van der Waals surface area contributed by atoms with Gasteiger partial charge < -0.3 is 0 Å². The monoisotopic (exact) mass is 591 g/mol. The van der Waals surface area contributed by atoms with Crippen molar-refractivity contribution in [1.29, 1.82) is 10.5 Å². The summed E-state index contributed by atoms with van der Waals surface area (Å²) in [7, 11) is 0. The van der Waals surface area contributed by atoms with Gasteiger partial charge >= 0.3 is 0 Å². The van der Waals surface area contributed by atoms with Crippen molar-refractivity contribution in [2.75, 3.05) is 0 Å². The van der Waals surface area contributed by atoms with Gasteiger partial charge in [-0.1, -0.05) is 12.1 Å². The molecular weight excluding hydrogens is 583 g/mol. The molecule has 0 N–H and O–H groups in total. The summed E-state index contributed by atoms with van der Waals surface area (Å²) in [6, 6.07) is 11.0. The van der Waals surface area contributed by atoms with Gasteiger partial charge in [-0.2, -0.15) is 10.5 Å². The van der Waals surface area contributed by atoms with Crippen LogP contribution in [-0.4, -0.2) is 21.1 Å². The molecule has 3 aromatic carbocycles. The fourth-order valence-electron chi connectivity index (χ4n) is 4.26. The zero-order chi connectivity index (χ0) is 30.6. The third-order valence-corrected chi connectivity index (χ3v) is 6.27. The molecule has 2 aliphatic rings. The van der Waals surface area contributed by atoms with Crippen LogP contribution in [0.5, 0.6) is 0 Å².